The molecule has 21 heavy (non-hydrogen) atoms. The van der Waals surface area contributed by atoms with Crippen LogP contribution >= 0.6 is 23.2 Å². The minimum atomic E-state index is 0.326. The van der Waals surface area contributed by atoms with Gasteiger partial charge in [-0.3, -0.25) is 0 Å². The summed E-state index contributed by atoms with van der Waals surface area (Å²) >= 11 is 12.3. The molecule has 1 heterocycles. The second kappa shape index (κ2) is 5.43. The van der Waals surface area contributed by atoms with Crippen molar-refractivity contribution in [3.05, 3.63) is 58.1 Å². The zero-order valence-electron chi connectivity index (χ0n) is 11.2. The van der Waals surface area contributed by atoms with E-state index in [0.29, 0.717) is 27.2 Å². The highest BCUT2D eigenvalue weighted by atomic mass is 35.5. The lowest BCUT2D eigenvalue weighted by atomic mass is 10.00. The van der Waals surface area contributed by atoms with Gasteiger partial charge in [0.1, 0.15) is 0 Å². The number of rotatable bonds is 2. The number of aromatic nitrogens is 1. The Balaban J connectivity index is 2.24. The van der Waals surface area contributed by atoms with Crippen molar-refractivity contribution in [2.24, 2.45) is 0 Å². The Bertz CT molecular complexity index is 812. The Kier molecular flexibility index (Phi) is 3.62. The van der Waals surface area contributed by atoms with Gasteiger partial charge < -0.3 is 10.3 Å². The van der Waals surface area contributed by atoms with Crippen LogP contribution in [0.5, 0.6) is 0 Å². The van der Waals surface area contributed by atoms with Gasteiger partial charge in [0.25, 0.3) is 0 Å². The van der Waals surface area contributed by atoms with Gasteiger partial charge in [-0.05, 0) is 30.7 Å². The fourth-order valence-corrected chi connectivity index (χ4v) is 2.61. The van der Waals surface area contributed by atoms with Crippen LogP contribution < -0.4 is 5.73 Å². The molecule has 1 aromatic heterocycles. The molecule has 0 saturated carbocycles. The number of benzene rings is 2. The highest BCUT2D eigenvalue weighted by Crippen LogP contribution is 2.40. The molecule has 3 aromatic rings. The Morgan fingerprint density at radius 1 is 1.10 bits per heavy atom. The molecular weight excluding hydrogens is 307 g/mol. The summed E-state index contributed by atoms with van der Waals surface area (Å²) in [5.74, 6) is 0.845. The maximum absolute atomic E-state index is 6.24. The van der Waals surface area contributed by atoms with Crippen LogP contribution in [0.2, 0.25) is 10.0 Å². The van der Waals surface area contributed by atoms with Crippen molar-refractivity contribution in [2.45, 2.75) is 6.92 Å². The van der Waals surface area contributed by atoms with Gasteiger partial charge in [-0.2, -0.15) is 0 Å². The first kappa shape index (κ1) is 14.0. The van der Waals surface area contributed by atoms with Crippen molar-refractivity contribution < 1.29 is 4.52 Å². The van der Waals surface area contributed by atoms with Gasteiger partial charge in [0, 0.05) is 10.6 Å². The topological polar surface area (TPSA) is 52.0 Å². The van der Waals surface area contributed by atoms with Gasteiger partial charge >= 0.3 is 0 Å². The molecule has 0 fully saturated rings. The maximum atomic E-state index is 6.24. The summed E-state index contributed by atoms with van der Waals surface area (Å²) in [5.41, 5.74) is 9.42. The van der Waals surface area contributed by atoms with Gasteiger partial charge in [-0.15, -0.1) is 0 Å². The van der Waals surface area contributed by atoms with E-state index in [2.05, 4.69) is 5.16 Å². The van der Waals surface area contributed by atoms with Gasteiger partial charge in [0.15, 0.2) is 11.6 Å². The van der Waals surface area contributed by atoms with Crippen LogP contribution in [0.3, 0.4) is 0 Å². The minimum Gasteiger partial charge on any atom is -0.380 e. The monoisotopic (exact) mass is 318 g/mol. The fraction of sp³-hybridized carbons (Fsp3) is 0.0625. The number of aryl methyl sites for hydroxylation is 1. The highest BCUT2D eigenvalue weighted by molar-refractivity contribution is 6.35. The van der Waals surface area contributed by atoms with E-state index in [4.69, 9.17) is 33.5 Å². The van der Waals surface area contributed by atoms with E-state index >= 15 is 0 Å². The Morgan fingerprint density at radius 3 is 2.67 bits per heavy atom. The molecule has 5 heteroatoms. The molecule has 0 atom stereocenters. The molecule has 0 saturated heterocycles. The zero-order chi connectivity index (χ0) is 15.0. The Labute approximate surface area is 132 Å². The van der Waals surface area contributed by atoms with E-state index in [9.17, 15) is 0 Å². The lowest BCUT2D eigenvalue weighted by Gasteiger charge is -2.06. The first-order chi connectivity index (χ1) is 10.1. The molecule has 0 amide bonds. The molecule has 2 aromatic carbocycles. The van der Waals surface area contributed by atoms with Crippen LogP contribution in [-0.4, -0.2) is 5.16 Å². The fourth-order valence-electron chi connectivity index (χ4n) is 2.24. The third kappa shape index (κ3) is 2.62. The summed E-state index contributed by atoms with van der Waals surface area (Å²) in [7, 11) is 0. The first-order valence-corrected chi connectivity index (χ1v) is 7.09. The molecule has 0 radical (unpaired) electrons. The summed E-state index contributed by atoms with van der Waals surface area (Å²) in [6.07, 6.45) is 0. The Hall–Kier alpha value is -1.97. The second-order valence-electron chi connectivity index (χ2n) is 4.77. The van der Waals surface area contributed by atoms with Gasteiger partial charge in [0.2, 0.25) is 0 Å². The quantitative estimate of drug-likeness (QED) is 0.706. The summed E-state index contributed by atoms with van der Waals surface area (Å²) < 4.78 is 5.39. The smallest absolute Gasteiger partial charge is 0.178 e. The van der Waals surface area contributed by atoms with Crippen molar-refractivity contribution in [1.29, 1.82) is 0 Å². The van der Waals surface area contributed by atoms with Crippen LogP contribution in [0.4, 0.5) is 5.82 Å². The predicted molar refractivity (Wildman–Crippen MR) is 86.5 cm³/mol. The molecule has 3 nitrogen and oxygen atoms in total. The molecule has 0 aliphatic rings. The van der Waals surface area contributed by atoms with Crippen molar-refractivity contribution >= 4 is 29.0 Å². The first-order valence-electron chi connectivity index (χ1n) is 6.34. The van der Waals surface area contributed by atoms with E-state index in [1.807, 2.05) is 31.2 Å². The average molecular weight is 319 g/mol. The third-order valence-corrected chi connectivity index (χ3v) is 3.76. The van der Waals surface area contributed by atoms with Crippen molar-refractivity contribution in [3.63, 3.8) is 0 Å². The molecule has 106 valence electrons. The number of nitrogens with zero attached hydrogens (tertiary/aromatic N) is 1. The van der Waals surface area contributed by atoms with E-state index in [-0.39, 0.29) is 0 Å². The van der Waals surface area contributed by atoms with Crippen molar-refractivity contribution in [2.75, 3.05) is 5.73 Å². The number of nitrogen functional groups attached to an aromatic ring is 1. The number of hydrogen-bond donors (Lipinski definition) is 1. The van der Waals surface area contributed by atoms with Gasteiger partial charge in [-0.1, -0.05) is 58.2 Å². The molecular formula is C16H12Cl2N2O. The summed E-state index contributed by atoms with van der Waals surface area (Å²) in [6.45, 7) is 2.01. The molecule has 0 aliphatic heterocycles. The van der Waals surface area contributed by atoms with Crippen LogP contribution in [0, 0.1) is 6.92 Å². The number of halogens is 2. The van der Waals surface area contributed by atoms with Crippen molar-refractivity contribution in [3.8, 4) is 22.5 Å². The largest absolute Gasteiger partial charge is 0.380 e. The molecule has 0 aliphatic carbocycles. The number of hydrogen-bond acceptors (Lipinski definition) is 3. The molecule has 0 bridgehead atoms. The zero-order valence-corrected chi connectivity index (χ0v) is 12.7. The van der Waals surface area contributed by atoms with Crippen LogP contribution in [0.25, 0.3) is 22.5 Å². The lowest BCUT2D eigenvalue weighted by Crippen LogP contribution is -1.89. The second-order valence-corrected chi connectivity index (χ2v) is 5.61. The molecule has 2 N–H and O–H groups in total. The predicted octanol–water partition coefficient (Wildman–Crippen LogP) is 5.21. The van der Waals surface area contributed by atoms with E-state index in [1.54, 1.807) is 18.2 Å². The third-order valence-electron chi connectivity index (χ3n) is 3.20. The Morgan fingerprint density at radius 2 is 1.90 bits per heavy atom. The maximum Gasteiger partial charge on any atom is 0.178 e. The highest BCUT2D eigenvalue weighted by Gasteiger charge is 2.20. The van der Waals surface area contributed by atoms with E-state index in [1.165, 1.54) is 0 Å². The summed E-state index contributed by atoms with van der Waals surface area (Å²) in [4.78, 5) is 0. The normalized spacial score (nSPS) is 10.8. The van der Waals surface area contributed by atoms with Gasteiger partial charge in [0.05, 0.1) is 10.6 Å². The molecule has 0 unspecified atom stereocenters. The van der Waals surface area contributed by atoms with Crippen LogP contribution in [0.1, 0.15) is 5.56 Å². The van der Waals surface area contributed by atoms with Gasteiger partial charge in [-0.25, -0.2) is 0 Å². The minimum absolute atomic E-state index is 0.326. The standard InChI is InChI=1S/C16H12Cl2N2O/c1-9-3-2-4-10(7-9)14-15(21-20-16(14)19)12-8-11(17)5-6-13(12)18/h2-8H,1H3,(H2,19,20). The van der Waals surface area contributed by atoms with Crippen LogP contribution in [-0.2, 0) is 0 Å². The van der Waals surface area contributed by atoms with Crippen molar-refractivity contribution in [1.82, 2.24) is 5.16 Å². The van der Waals surface area contributed by atoms with E-state index < -0.39 is 0 Å². The SMILES string of the molecule is Cc1cccc(-c2c(N)noc2-c2cc(Cl)ccc2Cl)c1. The number of anilines is 1. The van der Waals surface area contributed by atoms with Crippen LogP contribution in [0.15, 0.2) is 47.0 Å². The average Bonchev–Trinajstić information content (AvgIpc) is 2.83. The van der Waals surface area contributed by atoms with E-state index in [0.717, 1.165) is 16.7 Å². The number of nitrogens with two attached hydrogens (primary N) is 1. The molecule has 3 rings (SSSR count). The molecule has 0 spiro atoms. The lowest BCUT2D eigenvalue weighted by molar-refractivity contribution is 0.436. The summed E-state index contributed by atoms with van der Waals surface area (Å²) in [6, 6.07) is 13.1. The summed E-state index contributed by atoms with van der Waals surface area (Å²) in [5, 5.41) is 4.97.